The van der Waals surface area contributed by atoms with Crippen molar-refractivity contribution in [3.05, 3.63) is 99.6 Å². The van der Waals surface area contributed by atoms with Crippen molar-refractivity contribution in [1.82, 2.24) is 29.5 Å². The molecular weight excluding hydrogens is 934 g/mol. The Kier molecular flexibility index (Phi) is 13.7. The van der Waals surface area contributed by atoms with E-state index in [1.54, 1.807) is 26.0 Å². The van der Waals surface area contributed by atoms with E-state index >= 15 is 0 Å². The first-order chi connectivity index (χ1) is 33.8. The van der Waals surface area contributed by atoms with E-state index in [9.17, 15) is 37.6 Å². The van der Waals surface area contributed by atoms with Crippen LogP contribution < -0.4 is 24.4 Å². The number of sulfonamides is 1. The van der Waals surface area contributed by atoms with E-state index < -0.39 is 42.9 Å². The third-order valence-electron chi connectivity index (χ3n) is 15.3. The minimum atomic E-state index is -4.74. The van der Waals surface area contributed by atoms with E-state index in [2.05, 4.69) is 68.2 Å². The van der Waals surface area contributed by atoms with Crippen LogP contribution in [0.25, 0.3) is 11.0 Å². The molecule has 4 aliphatic rings. The first kappa shape index (κ1) is 49.6. The maximum Gasteiger partial charge on any atom is 0.312 e. The van der Waals surface area contributed by atoms with Crippen molar-refractivity contribution in [1.29, 1.82) is 0 Å². The average molecular weight is 996 g/mol. The van der Waals surface area contributed by atoms with Gasteiger partial charge in [-0.1, -0.05) is 38.1 Å². The first-order valence-corrected chi connectivity index (χ1v) is 25.9. The van der Waals surface area contributed by atoms with Crippen LogP contribution in [0.15, 0.2) is 71.9 Å². The number of hydrogen-bond donors (Lipinski definition) is 4. The van der Waals surface area contributed by atoms with Gasteiger partial charge in [0.1, 0.15) is 22.1 Å². The predicted octanol–water partition coefficient (Wildman–Crippen LogP) is 8.06. The lowest BCUT2D eigenvalue weighted by Gasteiger charge is -2.58. The van der Waals surface area contributed by atoms with E-state index in [0.29, 0.717) is 76.1 Å². The van der Waals surface area contributed by atoms with Gasteiger partial charge >= 0.3 is 5.69 Å². The second-order valence-corrected chi connectivity index (χ2v) is 22.1. The molecule has 0 bridgehead atoms. The Bertz CT molecular complexity index is 2940. The van der Waals surface area contributed by atoms with Crippen LogP contribution >= 0.6 is 0 Å². The Morgan fingerprint density at radius 3 is 2.45 bits per heavy atom. The highest BCUT2D eigenvalue weighted by Gasteiger charge is 2.50. The zero-order chi connectivity index (χ0) is 50.4. The van der Waals surface area contributed by atoms with Gasteiger partial charge in [-0.15, -0.1) is 0 Å². The fraction of sp³-hybridized carbons (Fsp3) is 0.490. The largest absolute Gasteiger partial charge is 0.478 e. The highest BCUT2D eigenvalue weighted by atomic mass is 32.2. The standard InChI is InChI=1S/C51H62FN9O9S/c1-31(2)37-8-6-7-9-38(37)43-30-59(32(3)62)20-21-60(43)35-25-51(26-35)16-18-58(19-17-51)34-10-11-39(44(22-34)70-45-24-40-41(52)29-55-46(40)56-49(45)69-5)48(63)57-71(67,68)36-23-42(61(65)66)47(54-28-36)53-27-33-12-14-50(4,64)15-13-33/h6-11,22-24,28-29,31,33,35,43,64H,12-21,25-27,30H2,1-5H3,(H,53,54)(H,55,56)(H,57,63)/t33?,43-,50?/m0/s1. The summed E-state index contributed by atoms with van der Waals surface area (Å²) in [4.78, 5) is 55.5. The molecule has 2 aromatic carbocycles. The van der Waals surface area contributed by atoms with Gasteiger partial charge in [0, 0.05) is 82.3 Å². The topological polar surface area (TPSA) is 225 Å². The van der Waals surface area contributed by atoms with Gasteiger partial charge in [0.2, 0.25) is 11.7 Å². The number of piperidine rings is 1. The number of nitrogens with one attached hydrogen (secondary N) is 3. The van der Waals surface area contributed by atoms with Gasteiger partial charge < -0.3 is 34.7 Å². The Hall–Kier alpha value is -6.38. The molecule has 2 saturated heterocycles. The highest BCUT2D eigenvalue weighted by Crippen LogP contribution is 2.53. The number of pyridine rings is 2. The number of rotatable bonds is 14. The number of amides is 2. The third kappa shape index (κ3) is 10.4. The van der Waals surface area contributed by atoms with Crippen LogP contribution in [0.1, 0.15) is 113 Å². The number of benzene rings is 2. The molecule has 5 aromatic rings. The number of aromatic nitrogens is 3. The molecule has 0 radical (unpaired) electrons. The molecule has 5 heterocycles. The number of fused-ring (bicyclic) bond motifs is 1. The molecule has 18 nitrogen and oxygen atoms in total. The molecule has 1 atom stereocenters. The number of carbonyl (C=O) groups is 2. The summed E-state index contributed by atoms with van der Waals surface area (Å²) in [6.07, 6.45) is 8.59. The summed E-state index contributed by atoms with van der Waals surface area (Å²) in [6.45, 7) is 11.8. The maximum absolute atomic E-state index is 14.9. The van der Waals surface area contributed by atoms with E-state index in [4.69, 9.17) is 9.47 Å². The number of halogens is 1. The molecular formula is C51H62FN9O9S. The number of anilines is 2. The molecule has 71 heavy (non-hydrogen) atoms. The van der Waals surface area contributed by atoms with Crippen molar-refractivity contribution in [2.45, 2.75) is 108 Å². The number of nitrogens with zero attached hydrogens (tertiary/aromatic N) is 6. The second-order valence-electron chi connectivity index (χ2n) is 20.4. The lowest BCUT2D eigenvalue weighted by molar-refractivity contribution is -0.384. The molecule has 0 unspecified atom stereocenters. The Balaban J connectivity index is 0.931. The number of ether oxygens (including phenoxy) is 2. The lowest BCUT2D eigenvalue weighted by atomic mass is 9.59. The molecule has 4 fully saturated rings. The number of carbonyl (C=O) groups excluding carboxylic acids is 2. The Labute approximate surface area is 412 Å². The second kappa shape index (κ2) is 19.7. The molecule has 4 N–H and O–H groups in total. The van der Waals surface area contributed by atoms with Crippen LogP contribution in [0.5, 0.6) is 17.4 Å². The Morgan fingerprint density at radius 1 is 1.03 bits per heavy atom. The fourth-order valence-electron chi connectivity index (χ4n) is 11.1. The lowest BCUT2D eigenvalue weighted by Crippen LogP contribution is -2.60. The molecule has 20 heteroatoms. The third-order valence-corrected chi connectivity index (χ3v) is 16.6. The molecule has 2 saturated carbocycles. The van der Waals surface area contributed by atoms with Crippen molar-refractivity contribution >= 4 is 50.1 Å². The normalized spacial score (nSPS) is 21.8. The fourth-order valence-corrected chi connectivity index (χ4v) is 12.0. The molecule has 2 amide bonds. The molecule has 3 aromatic heterocycles. The number of piperazine rings is 1. The molecule has 378 valence electrons. The van der Waals surface area contributed by atoms with Crippen molar-refractivity contribution in [2.24, 2.45) is 11.3 Å². The van der Waals surface area contributed by atoms with Crippen molar-refractivity contribution in [3.63, 3.8) is 0 Å². The molecule has 2 aliphatic heterocycles. The molecule has 9 rings (SSSR count). The summed E-state index contributed by atoms with van der Waals surface area (Å²) in [7, 11) is -3.38. The minimum Gasteiger partial charge on any atom is -0.478 e. The summed E-state index contributed by atoms with van der Waals surface area (Å²) >= 11 is 0. The van der Waals surface area contributed by atoms with Gasteiger partial charge in [0.15, 0.2) is 5.75 Å². The summed E-state index contributed by atoms with van der Waals surface area (Å²) in [5.41, 5.74) is 2.10. The molecule has 2 aliphatic carbocycles. The maximum atomic E-state index is 14.9. The van der Waals surface area contributed by atoms with E-state index in [0.717, 1.165) is 50.7 Å². The number of methoxy groups -OCH3 is 1. The van der Waals surface area contributed by atoms with Crippen LogP contribution in [0.2, 0.25) is 0 Å². The number of H-pyrrole nitrogens is 1. The van der Waals surface area contributed by atoms with Crippen LogP contribution in [-0.4, -0.2) is 113 Å². The minimum absolute atomic E-state index is 0.0248. The summed E-state index contributed by atoms with van der Waals surface area (Å²) in [6, 6.07) is 16.1. The van der Waals surface area contributed by atoms with Crippen LogP contribution in [-0.2, 0) is 14.8 Å². The van der Waals surface area contributed by atoms with E-state index in [-0.39, 0.29) is 63.1 Å². The zero-order valence-corrected chi connectivity index (χ0v) is 41.6. The average Bonchev–Trinajstić information content (AvgIpc) is 3.70. The summed E-state index contributed by atoms with van der Waals surface area (Å²) in [5.74, 6) is -1.38. The van der Waals surface area contributed by atoms with Crippen LogP contribution in [0.3, 0.4) is 0 Å². The number of nitro groups is 1. The zero-order valence-electron chi connectivity index (χ0n) is 40.7. The summed E-state index contributed by atoms with van der Waals surface area (Å²) < 4.78 is 56.4. The van der Waals surface area contributed by atoms with Gasteiger partial charge in [-0.25, -0.2) is 22.5 Å². The van der Waals surface area contributed by atoms with Crippen molar-refractivity contribution in [3.8, 4) is 17.4 Å². The van der Waals surface area contributed by atoms with Gasteiger partial charge in [0.05, 0.1) is 40.8 Å². The number of hydrogen-bond acceptors (Lipinski definition) is 14. The quantitative estimate of drug-likeness (QED) is 0.0610. The van der Waals surface area contributed by atoms with Gasteiger partial charge in [-0.2, -0.15) is 4.98 Å². The Morgan fingerprint density at radius 2 is 1.76 bits per heavy atom. The van der Waals surface area contributed by atoms with Crippen molar-refractivity contribution < 1.29 is 41.9 Å². The monoisotopic (exact) mass is 995 g/mol. The first-order valence-electron chi connectivity index (χ1n) is 24.4. The number of aromatic amines is 1. The van der Waals surface area contributed by atoms with Crippen LogP contribution in [0, 0.1) is 27.3 Å². The van der Waals surface area contributed by atoms with Gasteiger partial charge in [-0.05, 0) is 98.8 Å². The number of aliphatic hydroxyl groups is 1. The highest BCUT2D eigenvalue weighted by molar-refractivity contribution is 7.90. The van der Waals surface area contributed by atoms with Crippen LogP contribution in [0.4, 0.5) is 21.6 Å². The SMILES string of the molecule is COc1nc2[nH]cc(F)c2cc1Oc1cc(N2CCC3(CC2)CC(N2CCN(C(C)=O)C[C@H]2c2ccccc2C(C)C)C3)ccc1C(=O)NS(=O)(=O)c1cnc(NCC2CCC(C)(O)CC2)c([N+](=O)[O-])c1. The van der Waals surface area contributed by atoms with Crippen molar-refractivity contribution in [2.75, 3.05) is 56.6 Å². The van der Waals surface area contributed by atoms with Gasteiger partial charge in [-0.3, -0.25) is 24.6 Å². The van der Waals surface area contributed by atoms with Gasteiger partial charge in [0.25, 0.3) is 21.8 Å². The smallest absolute Gasteiger partial charge is 0.312 e. The molecule has 1 spiro atoms. The van der Waals surface area contributed by atoms with E-state index in [1.807, 2.05) is 9.62 Å². The van der Waals surface area contributed by atoms with E-state index in [1.165, 1.54) is 30.4 Å². The summed E-state index contributed by atoms with van der Waals surface area (Å²) in [5, 5.41) is 25.6. The predicted molar refractivity (Wildman–Crippen MR) is 265 cm³/mol.